The molecule has 0 radical (unpaired) electrons. The number of ether oxygens (including phenoxy) is 1. The van der Waals surface area contributed by atoms with Gasteiger partial charge in [-0.3, -0.25) is 0 Å². The first-order valence-corrected chi connectivity index (χ1v) is 4.06. The Bertz CT molecular complexity index is 148. The normalized spacial score (nSPS) is 11.4. The molecule has 0 bridgehead atoms. The fourth-order valence-electron chi connectivity index (χ4n) is 0.689. The van der Waals surface area contributed by atoms with E-state index >= 15 is 0 Å². The van der Waals surface area contributed by atoms with Crippen LogP contribution in [0.5, 0.6) is 0 Å². The smallest absolute Gasteiger partial charge is 0.333 e. The molecule has 0 amide bonds. The van der Waals surface area contributed by atoms with Crippen LogP contribution in [-0.4, -0.2) is 12.6 Å². The fourth-order valence-corrected chi connectivity index (χ4v) is 0.689. The van der Waals surface area contributed by atoms with Crippen molar-refractivity contribution in [2.45, 2.75) is 33.6 Å². The van der Waals surface area contributed by atoms with Gasteiger partial charge in [-0.05, 0) is 20.3 Å². The fraction of sp³-hybridized carbons (Fsp3) is 0.667. The molecular weight excluding hydrogens is 140 g/mol. The molecule has 2 nitrogen and oxygen atoms in total. The molecule has 2 heteroatoms. The summed E-state index contributed by atoms with van der Waals surface area (Å²) in [6.07, 6.45) is 3.93. The molecule has 64 valence electrons. The van der Waals surface area contributed by atoms with Crippen molar-refractivity contribution in [2.75, 3.05) is 6.61 Å². The van der Waals surface area contributed by atoms with E-state index in [2.05, 4.69) is 6.92 Å². The zero-order valence-corrected chi connectivity index (χ0v) is 7.52. The van der Waals surface area contributed by atoms with E-state index in [1.807, 2.05) is 13.0 Å². The molecule has 0 saturated heterocycles. The highest BCUT2D eigenvalue weighted by Crippen LogP contribution is 2.00. The molecule has 0 aliphatic rings. The third-order valence-corrected chi connectivity index (χ3v) is 1.34. The van der Waals surface area contributed by atoms with E-state index < -0.39 is 0 Å². The van der Waals surface area contributed by atoms with Crippen molar-refractivity contribution in [2.24, 2.45) is 0 Å². The van der Waals surface area contributed by atoms with Crippen LogP contribution in [0.4, 0.5) is 0 Å². The molecule has 0 aliphatic heterocycles. The van der Waals surface area contributed by atoms with Crippen molar-refractivity contribution in [1.82, 2.24) is 0 Å². The van der Waals surface area contributed by atoms with Crippen LogP contribution in [0.3, 0.4) is 0 Å². The van der Waals surface area contributed by atoms with Crippen molar-refractivity contribution in [3.63, 3.8) is 0 Å². The monoisotopic (exact) mass is 156 g/mol. The Morgan fingerprint density at radius 2 is 2.09 bits per heavy atom. The van der Waals surface area contributed by atoms with Gasteiger partial charge in [0.05, 0.1) is 6.61 Å². The van der Waals surface area contributed by atoms with E-state index in [1.165, 1.54) is 0 Å². The quantitative estimate of drug-likeness (QED) is 0.461. The summed E-state index contributed by atoms with van der Waals surface area (Å²) in [5.41, 5.74) is 0.716. The minimum absolute atomic E-state index is 0.194. The number of carbonyl (C=O) groups excluding carboxylic acids is 1. The molecule has 0 aromatic heterocycles. The Hall–Kier alpha value is -0.790. The second-order valence-electron chi connectivity index (χ2n) is 2.40. The van der Waals surface area contributed by atoms with Crippen molar-refractivity contribution in [1.29, 1.82) is 0 Å². The van der Waals surface area contributed by atoms with Crippen LogP contribution in [0.25, 0.3) is 0 Å². The van der Waals surface area contributed by atoms with Crippen LogP contribution in [0.2, 0.25) is 0 Å². The molecule has 0 N–H and O–H groups in total. The molecule has 0 aromatic carbocycles. The topological polar surface area (TPSA) is 26.3 Å². The van der Waals surface area contributed by atoms with Gasteiger partial charge in [-0.25, -0.2) is 4.79 Å². The number of rotatable bonds is 4. The van der Waals surface area contributed by atoms with Gasteiger partial charge in [-0.15, -0.1) is 0 Å². The summed E-state index contributed by atoms with van der Waals surface area (Å²) in [4.78, 5) is 11.0. The van der Waals surface area contributed by atoms with Gasteiger partial charge in [0.2, 0.25) is 0 Å². The lowest BCUT2D eigenvalue weighted by Gasteiger charge is -2.00. The first-order chi connectivity index (χ1) is 5.22. The molecule has 0 heterocycles. The predicted octanol–water partition coefficient (Wildman–Crippen LogP) is 2.30. The Balaban J connectivity index is 3.80. The van der Waals surface area contributed by atoms with Gasteiger partial charge in [-0.1, -0.05) is 19.4 Å². The zero-order chi connectivity index (χ0) is 8.69. The molecule has 0 unspecified atom stereocenters. The Morgan fingerprint density at radius 1 is 1.45 bits per heavy atom. The second kappa shape index (κ2) is 5.96. The van der Waals surface area contributed by atoms with Crippen LogP contribution in [0, 0.1) is 0 Å². The van der Waals surface area contributed by atoms with Crippen LogP contribution < -0.4 is 0 Å². The first-order valence-electron chi connectivity index (χ1n) is 4.06. The highest BCUT2D eigenvalue weighted by molar-refractivity contribution is 5.87. The maximum atomic E-state index is 11.0. The molecule has 0 aromatic rings. The van der Waals surface area contributed by atoms with Crippen molar-refractivity contribution in [3.05, 3.63) is 11.6 Å². The average Bonchev–Trinajstić information content (AvgIpc) is 2.00. The molecule has 0 fully saturated rings. The maximum Gasteiger partial charge on any atom is 0.333 e. The minimum Gasteiger partial charge on any atom is -0.463 e. The van der Waals surface area contributed by atoms with Gasteiger partial charge in [0.15, 0.2) is 0 Å². The van der Waals surface area contributed by atoms with E-state index in [1.54, 1.807) is 6.92 Å². The summed E-state index contributed by atoms with van der Waals surface area (Å²) in [5.74, 6) is -0.194. The van der Waals surface area contributed by atoms with Crippen molar-refractivity contribution < 1.29 is 9.53 Å². The molecule has 11 heavy (non-hydrogen) atoms. The molecular formula is C9H16O2. The van der Waals surface area contributed by atoms with E-state index in [0.717, 1.165) is 12.8 Å². The van der Waals surface area contributed by atoms with Gasteiger partial charge in [-0.2, -0.15) is 0 Å². The summed E-state index contributed by atoms with van der Waals surface area (Å²) in [6, 6.07) is 0. The molecule has 0 atom stereocenters. The van der Waals surface area contributed by atoms with Crippen molar-refractivity contribution >= 4 is 5.97 Å². The average molecular weight is 156 g/mol. The number of hydrogen-bond donors (Lipinski definition) is 0. The lowest BCUT2D eigenvalue weighted by molar-refractivity contribution is -0.138. The lowest BCUT2D eigenvalue weighted by Crippen LogP contribution is -2.04. The maximum absolute atomic E-state index is 11.0. The SMILES string of the molecule is CCC/C=C(\C)C(=O)OCC. The molecule has 0 aliphatic carbocycles. The standard InChI is InChI=1S/C9H16O2/c1-4-6-7-8(3)9(10)11-5-2/h7H,4-6H2,1-3H3/b8-7+. The largest absolute Gasteiger partial charge is 0.463 e. The summed E-state index contributed by atoms with van der Waals surface area (Å²) in [6.45, 7) is 6.13. The Kier molecular flexibility index (Phi) is 5.53. The Morgan fingerprint density at radius 3 is 2.55 bits per heavy atom. The van der Waals surface area contributed by atoms with Crippen LogP contribution in [0.15, 0.2) is 11.6 Å². The van der Waals surface area contributed by atoms with Crippen LogP contribution in [0.1, 0.15) is 33.6 Å². The van der Waals surface area contributed by atoms with Gasteiger partial charge in [0, 0.05) is 5.57 Å². The Labute approximate surface area is 68.2 Å². The molecule has 0 rings (SSSR count). The lowest BCUT2D eigenvalue weighted by atomic mass is 10.2. The van der Waals surface area contributed by atoms with E-state index in [0.29, 0.717) is 12.2 Å². The van der Waals surface area contributed by atoms with E-state index in [9.17, 15) is 4.79 Å². The molecule has 0 saturated carbocycles. The van der Waals surface area contributed by atoms with Crippen molar-refractivity contribution in [3.8, 4) is 0 Å². The van der Waals surface area contributed by atoms with E-state index in [4.69, 9.17) is 4.74 Å². The third-order valence-electron chi connectivity index (χ3n) is 1.34. The van der Waals surface area contributed by atoms with Gasteiger partial charge in [0.25, 0.3) is 0 Å². The number of carbonyl (C=O) groups is 1. The van der Waals surface area contributed by atoms with Gasteiger partial charge in [0.1, 0.15) is 0 Å². The summed E-state index contributed by atoms with van der Waals surface area (Å²) >= 11 is 0. The predicted molar refractivity (Wildman–Crippen MR) is 45.3 cm³/mol. The summed E-state index contributed by atoms with van der Waals surface area (Å²) in [5, 5.41) is 0. The van der Waals surface area contributed by atoms with Gasteiger partial charge < -0.3 is 4.74 Å². The number of allylic oxidation sites excluding steroid dienone is 1. The highest BCUT2D eigenvalue weighted by Gasteiger charge is 2.01. The van der Waals surface area contributed by atoms with E-state index in [-0.39, 0.29) is 5.97 Å². The minimum atomic E-state index is -0.194. The third kappa shape index (κ3) is 4.59. The first kappa shape index (κ1) is 10.2. The van der Waals surface area contributed by atoms with Crippen LogP contribution >= 0.6 is 0 Å². The number of unbranched alkanes of at least 4 members (excludes halogenated alkanes) is 1. The zero-order valence-electron chi connectivity index (χ0n) is 7.52. The molecule has 0 spiro atoms. The van der Waals surface area contributed by atoms with Crippen LogP contribution in [-0.2, 0) is 9.53 Å². The number of esters is 1. The summed E-state index contributed by atoms with van der Waals surface area (Å²) in [7, 11) is 0. The number of hydrogen-bond acceptors (Lipinski definition) is 2. The highest BCUT2D eigenvalue weighted by atomic mass is 16.5. The second-order valence-corrected chi connectivity index (χ2v) is 2.40. The summed E-state index contributed by atoms with van der Waals surface area (Å²) < 4.78 is 4.79. The van der Waals surface area contributed by atoms with Gasteiger partial charge >= 0.3 is 5.97 Å².